The van der Waals surface area contributed by atoms with Crippen LogP contribution in [0.4, 0.5) is 5.69 Å². The van der Waals surface area contributed by atoms with Gasteiger partial charge in [-0.2, -0.15) is 5.10 Å². The molecule has 0 spiro atoms. The molecule has 0 radical (unpaired) electrons. The van der Waals surface area contributed by atoms with E-state index in [0.717, 1.165) is 5.56 Å². The summed E-state index contributed by atoms with van der Waals surface area (Å²) in [7, 11) is 4.81. The number of carbonyl (C=O) groups is 2. The van der Waals surface area contributed by atoms with E-state index >= 15 is 0 Å². The summed E-state index contributed by atoms with van der Waals surface area (Å²) >= 11 is 1.30. The van der Waals surface area contributed by atoms with Crippen molar-refractivity contribution in [3.8, 4) is 22.1 Å². The molecule has 1 amide bonds. The molecule has 0 aliphatic carbocycles. The summed E-state index contributed by atoms with van der Waals surface area (Å²) < 4.78 is 17.0. The van der Waals surface area contributed by atoms with Crippen molar-refractivity contribution >= 4 is 28.9 Å². The largest absolute Gasteiger partial charge is 0.497 e. The average molecular weight is 402 g/mol. The van der Waals surface area contributed by atoms with Crippen molar-refractivity contribution in [1.82, 2.24) is 14.8 Å². The number of thiazole rings is 1. The number of carbonyl (C=O) groups excluding carboxylic acids is 2. The molecule has 3 rings (SSSR count). The molecule has 0 atom stereocenters. The summed E-state index contributed by atoms with van der Waals surface area (Å²) in [5.41, 5.74) is 1.38. The topological polar surface area (TPSA) is 105 Å². The molecule has 1 aromatic carbocycles. The minimum atomic E-state index is -0.678. The van der Waals surface area contributed by atoms with Gasteiger partial charge in [0.25, 0.3) is 5.91 Å². The van der Waals surface area contributed by atoms with Crippen LogP contribution in [0.25, 0.3) is 10.6 Å². The zero-order valence-corrected chi connectivity index (χ0v) is 16.3. The number of methoxy groups -OCH3 is 2. The van der Waals surface area contributed by atoms with Crippen LogP contribution in [0.5, 0.6) is 11.5 Å². The first-order valence-electron chi connectivity index (χ1n) is 8.13. The first kappa shape index (κ1) is 19.4. The van der Waals surface area contributed by atoms with Gasteiger partial charge in [-0.15, -0.1) is 11.3 Å². The third-order valence-electron chi connectivity index (χ3n) is 3.68. The maximum atomic E-state index is 12.1. The van der Waals surface area contributed by atoms with Gasteiger partial charge in [0.2, 0.25) is 0 Å². The number of ether oxygens (including phenoxy) is 3. The monoisotopic (exact) mass is 402 g/mol. The number of aromatic nitrogens is 3. The SMILES string of the molecule is COc1ccc(NC(=O)COC(=O)c2csc(-c3cnn(C)c3)n2)c(OC)c1. The number of rotatable bonds is 7. The van der Waals surface area contributed by atoms with Crippen LogP contribution < -0.4 is 14.8 Å². The van der Waals surface area contributed by atoms with Crippen molar-refractivity contribution in [2.75, 3.05) is 26.1 Å². The fourth-order valence-corrected chi connectivity index (χ4v) is 3.09. The summed E-state index contributed by atoms with van der Waals surface area (Å²) in [5, 5.41) is 8.92. The second-order valence-corrected chi connectivity index (χ2v) is 6.49. The summed E-state index contributed by atoms with van der Waals surface area (Å²) in [5.74, 6) is -0.156. The average Bonchev–Trinajstić information content (AvgIpc) is 3.35. The number of anilines is 1. The molecule has 0 saturated carbocycles. The quantitative estimate of drug-likeness (QED) is 0.605. The molecular weight excluding hydrogens is 384 g/mol. The molecule has 9 nitrogen and oxygen atoms in total. The van der Waals surface area contributed by atoms with Crippen molar-refractivity contribution in [2.24, 2.45) is 7.05 Å². The van der Waals surface area contributed by atoms with Gasteiger partial charge in [0.15, 0.2) is 12.3 Å². The number of hydrogen-bond donors (Lipinski definition) is 1. The highest BCUT2D eigenvalue weighted by atomic mass is 32.1. The van der Waals surface area contributed by atoms with Crippen LogP contribution >= 0.6 is 11.3 Å². The second kappa shape index (κ2) is 8.53. The molecular formula is C18H18N4O5S. The lowest BCUT2D eigenvalue weighted by Gasteiger charge is -2.11. The highest BCUT2D eigenvalue weighted by Gasteiger charge is 2.16. The van der Waals surface area contributed by atoms with Gasteiger partial charge in [-0.1, -0.05) is 0 Å². The van der Waals surface area contributed by atoms with Gasteiger partial charge in [0.1, 0.15) is 16.5 Å². The Morgan fingerprint density at radius 1 is 1.25 bits per heavy atom. The zero-order valence-electron chi connectivity index (χ0n) is 15.5. The van der Waals surface area contributed by atoms with Crippen LogP contribution in [-0.4, -0.2) is 47.5 Å². The standard InChI is InChI=1S/C18H18N4O5S/c1-22-8-11(7-19-22)17-21-14(10-28-17)18(24)27-9-16(23)20-13-5-4-12(25-2)6-15(13)26-3/h4-8,10H,9H2,1-3H3,(H,20,23). The zero-order chi connectivity index (χ0) is 20.1. The van der Waals surface area contributed by atoms with E-state index in [2.05, 4.69) is 15.4 Å². The van der Waals surface area contributed by atoms with E-state index in [4.69, 9.17) is 14.2 Å². The summed E-state index contributed by atoms with van der Waals surface area (Å²) in [6, 6.07) is 4.95. The van der Waals surface area contributed by atoms with Crippen LogP contribution in [0.1, 0.15) is 10.5 Å². The lowest BCUT2D eigenvalue weighted by Crippen LogP contribution is -2.21. The fraction of sp³-hybridized carbons (Fsp3) is 0.222. The molecule has 1 N–H and O–H groups in total. The molecule has 0 saturated heterocycles. The third-order valence-corrected chi connectivity index (χ3v) is 4.57. The van der Waals surface area contributed by atoms with E-state index in [0.29, 0.717) is 22.2 Å². The maximum absolute atomic E-state index is 12.1. The second-order valence-electron chi connectivity index (χ2n) is 5.63. The Morgan fingerprint density at radius 2 is 2.07 bits per heavy atom. The van der Waals surface area contributed by atoms with Gasteiger partial charge >= 0.3 is 5.97 Å². The van der Waals surface area contributed by atoms with Crippen molar-refractivity contribution in [3.05, 3.63) is 41.7 Å². The Balaban J connectivity index is 1.57. The number of hydrogen-bond acceptors (Lipinski definition) is 8. The van der Waals surface area contributed by atoms with Crippen molar-refractivity contribution < 1.29 is 23.8 Å². The molecule has 2 heterocycles. The predicted octanol–water partition coefficient (Wildman–Crippen LogP) is 2.36. The molecule has 0 bridgehead atoms. The molecule has 10 heteroatoms. The van der Waals surface area contributed by atoms with Gasteiger partial charge in [-0.3, -0.25) is 9.48 Å². The van der Waals surface area contributed by atoms with Gasteiger partial charge < -0.3 is 19.5 Å². The molecule has 146 valence electrons. The molecule has 0 aliphatic rings. The molecule has 3 aromatic rings. The number of benzene rings is 1. The third kappa shape index (κ3) is 4.46. The van der Waals surface area contributed by atoms with Gasteiger partial charge in [-0.25, -0.2) is 9.78 Å². The van der Waals surface area contributed by atoms with Crippen molar-refractivity contribution in [2.45, 2.75) is 0 Å². The first-order chi connectivity index (χ1) is 13.5. The number of nitrogens with zero attached hydrogens (tertiary/aromatic N) is 3. The van der Waals surface area contributed by atoms with E-state index in [9.17, 15) is 9.59 Å². The van der Waals surface area contributed by atoms with E-state index in [-0.39, 0.29) is 5.69 Å². The number of aryl methyl sites for hydroxylation is 1. The number of esters is 1. The molecule has 28 heavy (non-hydrogen) atoms. The molecule has 0 aliphatic heterocycles. The van der Waals surface area contributed by atoms with E-state index in [1.54, 1.807) is 47.7 Å². The first-order valence-corrected chi connectivity index (χ1v) is 9.01. The van der Waals surface area contributed by atoms with Crippen LogP contribution in [0.15, 0.2) is 36.0 Å². The van der Waals surface area contributed by atoms with Crippen LogP contribution in [0.2, 0.25) is 0 Å². The van der Waals surface area contributed by atoms with Gasteiger partial charge in [0, 0.05) is 30.3 Å². The lowest BCUT2D eigenvalue weighted by molar-refractivity contribution is -0.119. The van der Waals surface area contributed by atoms with E-state index in [1.807, 2.05) is 0 Å². The predicted molar refractivity (Wildman–Crippen MR) is 103 cm³/mol. The lowest BCUT2D eigenvalue weighted by atomic mass is 10.2. The normalized spacial score (nSPS) is 10.4. The molecule has 2 aromatic heterocycles. The summed E-state index contributed by atoms with van der Waals surface area (Å²) in [6.07, 6.45) is 3.45. The Morgan fingerprint density at radius 3 is 2.75 bits per heavy atom. The minimum absolute atomic E-state index is 0.138. The molecule has 0 unspecified atom stereocenters. The Bertz CT molecular complexity index is 998. The Labute approximate surface area is 164 Å². The summed E-state index contributed by atoms with van der Waals surface area (Å²) in [6.45, 7) is -0.451. The maximum Gasteiger partial charge on any atom is 0.358 e. The molecule has 0 fully saturated rings. The van der Waals surface area contributed by atoms with Gasteiger partial charge in [0.05, 0.1) is 26.1 Å². The fourth-order valence-electron chi connectivity index (χ4n) is 2.32. The Kier molecular flexibility index (Phi) is 5.90. The van der Waals surface area contributed by atoms with Crippen LogP contribution in [-0.2, 0) is 16.6 Å². The number of nitrogens with one attached hydrogen (secondary N) is 1. The van der Waals surface area contributed by atoms with Gasteiger partial charge in [-0.05, 0) is 12.1 Å². The minimum Gasteiger partial charge on any atom is -0.497 e. The van der Waals surface area contributed by atoms with Crippen LogP contribution in [0.3, 0.4) is 0 Å². The van der Waals surface area contributed by atoms with E-state index < -0.39 is 18.5 Å². The highest BCUT2D eigenvalue weighted by molar-refractivity contribution is 7.13. The van der Waals surface area contributed by atoms with Crippen LogP contribution in [0, 0.1) is 0 Å². The van der Waals surface area contributed by atoms with Crippen molar-refractivity contribution in [1.29, 1.82) is 0 Å². The highest BCUT2D eigenvalue weighted by Crippen LogP contribution is 2.29. The number of amides is 1. The van der Waals surface area contributed by atoms with Crippen molar-refractivity contribution in [3.63, 3.8) is 0 Å². The Hall–Kier alpha value is -3.40. The van der Waals surface area contributed by atoms with E-state index in [1.165, 1.54) is 25.6 Å². The smallest absolute Gasteiger partial charge is 0.358 e. The summed E-state index contributed by atoms with van der Waals surface area (Å²) in [4.78, 5) is 28.5.